The number of halogens is 3. The van der Waals surface area contributed by atoms with Gasteiger partial charge in [0.05, 0.1) is 16.8 Å². The molecule has 1 saturated heterocycles. The molecule has 0 saturated carbocycles. The molecule has 2 rings (SSSR count). The summed E-state index contributed by atoms with van der Waals surface area (Å²) in [5, 5.41) is 9.15. The number of benzene rings is 1. The molecule has 1 atom stereocenters. The van der Waals surface area contributed by atoms with E-state index in [1.165, 1.54) is 6.07 Å². The van der Waals surface area contributed by atoms with Crippen LogP contribution in [0.15, 0.2) is 18.2 Å². The second kappa shape index (κ2) is 5.74. The van der Waals surface area contributed by atoms with Gasteiger partial charge in [-0.2, -0.15) is 18.4 Å². The summed E-state index contributed by atoms with van der Waals surface area (Å²) in [7, 11) is 0. The smallest absolute Gasteiger partial charge is 0.368 e. The van der Waals surface area contributed by atoms with Gasteiger partial charge in [-0.1, -0.05) is 12.8 Å². The van der Waals surface area contributed by atoms with Crippen molar-refractivity contribution in [2.75, 3.05) is 11.4 Å². The molecule has 5 heteroatoms. The van der Waals surface area contributed by atoms with Gasteiger partial charge in [0.2, 0.25) is 0 Å². The lowest BCUT2D eigenvalue weighted by atomic mass is 10.1. The highest BCUT2D eigenvalue weighted by Gasteiger charge is 2.31. The Bertz CT molecular complexity index is 517. The fourth-order valence-electron chi connectivity index (χ4n) is 2.69. The largest absolute Gasteiger partial charge is 0.416 e. The van der Waals surface area contributed by atoms with Crippen molar-refractivity contribution in [3.63, 3.8) is 0 Å². The van der Waals surface area contributed by atoms with Gasteiger partial charge in [0, 0.05) is 12.6 Å². The van der Waals surface area contributed by atoms with Crippen LogP contribution in [0, 0.1) is 11.3 Å². The van der Waals surface area contributed by atoms with Crippen molar-refractivity contribution in [2.24, 2.45) is 0 Å². The van der Waals surface area contributed by atoms with Crippen molar-refractivity contribution in [3.8, 4) is 6.07 Å². The van der Waals surface area contributed by atoms with Crippen molar-refractivity contribution in [3.05, 3.63) is 29.3 Å². The van der Waals surface area contributed by atoms with Gasteiger partial charge >= 0.3 is 6.18 Å². The maximum absolute atomic E-state index is 12.7. The second-order valence-corrected chi connectivity index (χ2v) is 5.23. The minimum absolute atomic E-state index is 0.105. The number of hydrogen-bond donors (Lipinski definition) is 0. The van der Waals surface area contributed by atoms with E-state index < -0.39 is 11.7 Å². The summed E-state index contributed by atoms with van der Waals surface area (Å²) in [6.07, 6.45) is -0.139. The monoisotopic (exact) mass is 282 g/mol. The zero-order valence-electron chi connectivity index (χ0n) is 11.4. The fourth-order valence-corrected chi connectivity index (χ4v) is 2.69. The summed E-state index contributed by atoms with van der Waals surface area (Å²) in [6, 6.07) is 5.60. The van der Waals surface area contributed by atoms with Crippen LogP contribution in [-0.2, 0) is 6.18 Å². The van der Waals surface area contributed by atoms with Gasteiger partial charge in [-0.25, -0.2) is 0 Å². The third-order valence-corrected chi connectivity index (χ3v) is 3.81. The Kier molecular flexibility index (Phi) is 4.22. The van der Waals surface area contributed by atoms with Crippen LogP contribution in [0.1, 0.15) is 43.7 Å². The summed E-state index contributed by atoms with van der Waals surface area (Å²) in [5.41, 5.74) is -0.0382. The molecule has 0 bridgehead atoms. The average molecular weight is 282 g/mol. The van der Waals surface area contributed by atoms with Crippen molar-refractivity contribution in [1.82, 2.24) is 0 Å². The maximum atomic E-state index is 12.7. The molecule has 0 amide bonds. The molecule has 1 aromatic rings. The van der Waals surface area contributed by atoms with Crippen molar-refractivity contribution in [1.29, 1.82) is 5.26 Å². The predicted molar refractivity (Wildman–Crippen MR) is 71.4 cm³/mol. The molecule has 1 aliphatic rings. The third kappa shape index (κ3) is 3.06. The molecular formula is C15H17F3N2. The predicted octanol–water partition coefficient (Wildman–Crippen LogP) is 4.35. The zero-order valence-corrected chi connectivity index (χ0v) is 11.4. The zero-order chi connectivity index (χ0) is 14.8. The van der Waals surface area contributed by atoms with Crippen LogP contribution in [0.3, 0.4) is 0 Å². The van der Waals surface area contributed by atoms with E-state index in [0.717, 1.165) is 44.4 Å². The Hall–Kier alpha value is -1.70. The lowest BCUT2D eigenvalue weighted by Gasteiger charge is -2.30. The van der Waals surface area contributed by atoms with Crippen LogP contribution in [0.25, 0.3) is 0 Å². The SMILES string of the molecule is CC1CCCCCN1c1ccc(C(F)(F)F)cc1C#N. The Morgan fingerprint density at radius 1 is 1.25 bits per heavy atom. The molecule has 0 N–H and O–H groups in total. The summed E-state index contributed by atoms with van der Waals surface area (Å²) >= 11 is 0. The van der Waals surface area contributed by atoms with E-state index in [1.54, 1.807) is 0 Å². The summed E-state index contributed by atoms with van der Waals surface area (Å²) in [6.45, 7) is 2.85. The highest BCUT2D eigenvalue weighted by atomic mass is 19.4. The fraction of sp³-hybridized carbons (Fsp3) is 0.533. The Balaban J connectivity index is 2.39. The van der Waals surface area contributed by atoms with Gasteiger partial charge in [0.15, 0.2) is 0 Å². The molecule has 0 aliphatic carbocycles. The van der Waals surface area contributed by atoms with E-state index in [-0.39, 0.29) is 11.6 Å². The van der Waals surface area contributed by atoms with E-state index in [4.69, 9.17) is 5.26 Å². The molecule has 1 fully saturated rings. The van der Waals surface area contributed by atoms with Crippen LogP contribution in [0.2, 0.25) is 0 Å². The summed E-state index contributed by atoms with van der Waals surface area (Å²) in [4.78, 5) is 2.06. The molecule has 1 heterocycles. The Morgan fingerprint density at radius 2 is 2.00 bits per heavy atom. The molecule has 0 radical (unpaired) electrons. The van der Waals surface area contributed by atoms with Crippen LogP contribution in [0.5, 0.6) is 0 Å². The van der Waals surface area contributed by atoms with Gasteiger partial charge in [-0.05, 0) is 38.0 Å². The van der Waals surface area contributed by atoms with Gasteiger partial charge < -0.3 is 4.90 Å². The highest BCUT2D eigenvalue weighted by molar-refractivity contribution is 5.61. The lowest BCUT2D eigenvalue weighted by molar-refractivity contribution is -0.137. The third-order valence-electron chi connectivity index (χ3n) is 3.81. The van der Waals surface area contributed by atoms with Crippen LogP contribution in [0.4, 0.5) is 18.9 Å². The van der Waals surface area contributed by atoms with Crippen LogP contribution < -0.4 is 4.90 Å². The quantitative estimate of drug-likeness (QED) is 0.766. The molecule has 1 aliphatic heterocycles. The van der Waals surface area contributed by atoms with Gasteiger partial charge in [-0.15, -0.1) is 0 Å². The normalized spacial score (nSPS) is 20.4. The standard InChI is InChI=1S/C15H17F3N2/c1-11-5-3-2-4-8-20(11)14-7-6-13(15(16,17)18)9-12(14)10-19/h6-7,9,11H,2-5,8H2,1H3. The second-order valence-electron chi connectivity index (χ2n) is 5.23. The van der Waals surface area contributed by atoms with E-state index in [0.29, 0.717) is 5.69 Å². The first-order valence-electron chi connectivity index (χ1n) is 6.81. The lowest BCUT2D eigenvalue weighted by Crippen LogP contribution is -2.33. The Morgan fingerprint density at radius 3 is 2.65 bits per heavy atom. The first-order chi connectivity index (χ1) is 9.43. The Labute approximate surface area is 116 Å². The molecule has 0 aromatic heterocycles. The first-order valence-corrected chi connectivity index (χ1v) is 6.81. The van der Waals surface area contributed by atoms with Crippen molar-refractivity contribution < 1.29 is 13.2 Å². The van der Waals surface area contributed by atoms with E-state index in [1.807, 2.05) is 6.07 Å². The number of hydrogen-bond acceptors (Lipinski definition) is 2. The van der Waals surface area contributed by atoms with Gasteiger partial charge in [0.25, 0.3) is 0 Å². The van der Waals surface area contributed by atoms with Crippen LogP contribution >= 0.6 is 0 Å². The van der Waals surface area contributed by atoms with Crippen molar-refractivity contribution in [2.45, 2.75) is 44.8 Å². The highest BCUT2D eigenvalue weighted by Crippen LogP contribution is 2.34. The van der Waals surface area contributed by atoms with Crippen LogP contribution in [-0.4, -0.2) is 12.6 Å². The molecule has 1 aromatic carbocycles. The van der Waals surface area contributed by atoms with Gasteiger partial charge in [-0.3, -0.25) is 0 Å². The van der Waals surface area contributed by atoms with Crippen molar-refractivity contribution >= 4 is 5.69 Å². The van der Waals surface area contributed by atoms with E-state index >= 15 is 0 Å². The molecule has 108 valence electrons. The molecular weight excluding hydrogens is 265 g/mol. The van der Waals surface area contributed by atoms with E-state index in [2.05, 4.69) is 11.8 Å². The molecule has 2 nitrogen and oxygen atoms in total. The number of alkyl halides is 3. The number of anilines is 1. The topological polar surface area (TPSA) is 27.0 Å². The average Bonchev–Trinajstić information content (AvgIpc) is 2.61. The first kappa shape index (κ1) is 14.7. The summed E-state index contributed by atoms with van der Waals surface area (Å²) < 4.78 is 38.1. The molecule has 0 spiro atoms. The maximum Gasteiger partial charge on any atom is 0.416 e. The molecule has 20 heavy (non-hydrogen) atoms. The minimum atomic E-state index is -4.41. The molecule has 1 unspecified atom stereocenters. The number of nitrogens with zero attached hydrogens (tertiary/aromatic N) is 2. The van der Waals surface area contributed by atoms with Gasteiger partial charge in [0.1, 0.15) is 6.07 Å². The van der Waals surface area contributed by atoms with E-state index in [9.17, 15) is 13.2 Å². The minimum Gasteiger partial charge on any atom is -0.368 e. The number of rotatable bonds is 1. The number of nitriles is 1. The summed E-state index contributed by atoms with van der Waals surface area (Å²) in [5.74, 6) is 0.